The number of piperidine rings is 1. The number of likely N-dealkylation sites (tertiary alicyclic amines) is 1. The van der Waals surface area contributed by atoms with Crippen molar-refractivity contribution in [1.82, 2.24) is 19.7 Å². The van der Waals surface area contributed by atoms with Gasteiger partial charge in [0.15, 0.2) is 5.89 Å². The molecule has 0 radical (unpaired) electrons. The molecule has 7 heteroatoms. The number of carbonyl (C=O) groups is 1. The second-order valence-corrected chi connectivity index (χ2v) is 7.34. The van der Waals surface area contributed by atoms with Crippen LogP contribution in [-0.4, -0.2) is 38.7 Å². The van der Waals surface area contributed by atoms with Crippen LogP contribution in [0.25, 0.3) is 0 Å². The minimum atomic E-state index is 0.00501. The van der Waals surface area contributed by atoms with Crippen molar-refractivity contribution in [2.75, 3.05) is 13.1 Å². The molecule has 1 fully saturated rings. The molecule has 6 nitrogen and oxygen atoms in total. The SMILES string of the molecule is Cn1nccc1C(=O)N1CCC[C@H](c2ncc(Cc3cccc(Cl)c3)o2)C1. The second-order valence-electron chi connectivity index (χ2n) is 6.90. The van der Waals surface area contributed by atoms with Gasteiger partial charge in [0.1, 0.15) is 11.5 Å². The summed E-state index contributed by atoms with van der Waals surface area (Å²) in [5, 5.41) is 4.80. The van der Waals surface area contributed by atoms with Gasteiger partial charge < -0.3 is 9.32 Å². The fourth-order valence-electron chi connectivity index (χ4n) is 3.55. The fourth-order valence-corrected chi connectivity index (χ4v) is 3.76. The summed E-state index contributed by atoms with van der Waals surface area (Å²) < 4.78 is 7.61. The number of rotatable bonds is 4. The van der Waals surface area contributed by atoms with Crippen molar-refractivity contribution < 1.29 is 9.21 Å². The van der Waals surface area contributed by atoms with Crippen LogP contribution < -0.4 is 0 Å². The van der Waals surface area contributed by atoms with E-state index in [-0.39, 0.29) is 11.8 Å². The third kappa shape index (κ3) is 3.90. The van der Waals surface area contributed by atoms with E-state index in [0.717, 1.165) is 30.7 Å². The number of hydrogen-bond donors (Lipinski definition) is 0. The number of hydrogen-bond acceptors (Lipinski definition) is 4. The average Bonchev–Trinajstić information content (AvgIpc) is 3.30. The summed E-state index contributed by atoms with van der Waals surface area (Å²) in [6, 6.07) is 9.48. The fraction of sp³-hybridized carbons (Fsp3) is 0.350. The summed E-state index contributed by atoms with van der Waals surface area (Å²) in [5.41, 5.74) is 1.69. The van der Waals surface area contributed by atoms with Crippen molar-refractivity contribution in [1.29, 1.82) is 0 Å². The number of benzene rings is 1. The first-order valence-corrected chi connectivity index (χ1v) is 9.44. The van der Waals surface area contributed by atoms with E-state index in [9.17, 15) is 4.79 Å². The van der Waals surface area contributed by atoms with Crippen LogP contribution in [0.5, 0.6) is 0 Å². The molecule has 0 unspecified atom stereocenters. The summed E-state index contributed by atoms with van der Waals surface area (Å²) >= 11 is 6.05. The molecule has 2 aromatic heterocycles. The lowest BCUT2D eigenvalue weighted by atomic mass is 9.97. The number of aromatic nitrogens is 3. The van der Waals surface area contributed by atoms with Crippen LogP contribution in [0.3, 0.4) is 0 Å². The highest BCUT2D eigenvalue weighted by atomic mass is 35.5. The molecular formula is C20H21ClN4O2. The smallest absolute Gasteiger partial charge is 0.272 e. The Kier molecular flexibility index (Phi) is 4.99. The highest BCUT2D eigenvalue weighted by Gasteiger charge is 2.29. The Morgan fingerprint density at radius 2 is 2.26 bits per heavy atom. The highest BCUT2D eigenvalue weighted by Crippen LogP contribution is 2.28. The number of amides is 1. The van der Waals surface area contributed by atoms with Gasteiger partial charge in [0, 0.05) is 37.8 Å². The van der Waals surface area contributed by atoms with Crippen molar-refractivity contribution in [3.8, 4) is 0 Å². The maximum Gasteiger partial charge on any atom is 0.272 e. The number of halogens is 1. The Morgan fingerprint density at radius 3 is 3.04 bits per heavy atom. The molecule has 0 N–H and O–H groups in total. The first-order valence-electron chi connectivity index (χ1n) is 9.06. The van der Waals surface area contributed by atoms with Gasteiger partial charge in [-0.25, -0.2) is 4.98 Å². The predicted molar refractivity (Wildman–Crippen MR) is 102 cm³/mol. The summed E-state index contributed by atoms with van der Waals surface area (Å²) in [6.07, 6.45) is 5.97. The molecule has 1 aromatic carbocycles. The molecule has 0 spiro atoms. The molecule has 1 atom stereocenters. The van der Waals surface area contributed by atoms with Crippen LogP contribution in [0.1, 0.15) is 46.5 Å². The van der Waals surface area contributed by atoms with E-state index in [2.05, 4.69) is 10.1 Å². The number of nitrogens with zero attached hydrogens (tertiary/aromatic N) is 4. The summed E-state index contributed by atoms with van der Waals surface area (Å²) in [6.45, 7) is 1.36. The van der Waals surface area contributed by atoms with Crippen molar-refractivity contribution in [3.05, 3.63) is 70.7 Å². The zero-order valence-electron chi connectivity index (χ0n) is 15.1. The second kappa shape index (κ2) is 7.56. The Bertz CT molecular complexity index is 949. The van der Waals surface area contributed by atoms with Crippen LogP contribution in [0, 0.1) is 0 Å². The van der Waals surface area contributed by atoms with Gasteiger partial charge in [-0.05, 0) is 36.6 Å². The minimum Gasteiger partial charge on any atom is -0.445 e. The Balaban J connectivity index is 1.45. The van der Waals surface area contributed by atoms with Crippen molar-refractivity contribution >= 4 is 17.5 Å². The molecule has 0 aliphatic carbocycles. The van der Waals surface area contributed by atoms with Gasteiger partial charge in [-0.2, -0.15) is 5.10 Å². The molecule has 0 bridgehead atoms. The van der Waals surface area contributed by atoms with Gasteiger partial charge in [-0.3, -0.25) is 9.48 Å². The third-order valence-corrected chi connectivity index (χ3v) is 5.17. The first-order chi connectivity index (χ1) is 13.1. The number of carbonyl (C=O) groups excluding carboxylic acids is 1. The topological polar surface area (TPSA) is 64.2 Å². The van der Waals surface area contributed by atoms with Crippen molar-refractivity contribution in [3.63, 3.8) is 0 Å². The summed E-state index contributed by atoms with van der Waals surface area (Å²) in [5.74, 6) is 1.63. The van der Waals surface area contributed by atoms with Crippen LogP contribution in [0.4, 0.5) is 0 Å². The monoisotopic (exact) mass is 384 g/mol. The number of aryl methyl sites for hydroxylation is 1. The van der Waals surface area contributed by atoms with E-state index in [1.165, 1.54) is 0 Å². The Labute approximate surface area is 162 Å². The maximum atomic E-state index is 12.7. The van der Waals surface area contributed by atoms with E-state index in [0.29, 0.717) is 29.6 Å². The van der Waals surface area contributed by atoms with Crippen LogP contribution in [0.15, 0.2) is 47.1 Å². The van der Waals surface area contributed by atoms with Gasteiger partial charge in [0.25, 0.3) is 5.91 Å². The lowest BCUT2D eigenvalue weighted by Crippen LogP contribution is -2.40. The predicted octanol–water partition coefficient (Wildman–Crippen LogP) is 3.67. The molecule has 3 aromatic rings. The molecule has 27 heavy (non-hydrogen) atoms. The van der Waals surface area contributed by atoms with E-state index in [1.807, 2.05) is 29.2 Å². The number of oxazole rings is 1. The zero-order chi connectivity index (χ0) is 18.8. The lowest BCUT2D eigenvalue weighted by molar-refractivity contribution is 0.0686. The lowest BCUT2D eigenvalue weighted by Gasteiger charge is -2.31. The largest absolute Gasteiger partial charge is 0.445 e. The summed E-state index contributed by atoms with van der Waals surface area (Å²) in [7, 11) is 1.78. The molecule has 1 aliphatic rings. The van der Waals surface area contributed by atoms with E-state index in [1.54, 1.807) is 30.2 Å². The zero-order valence-corrected chi connectivity index (χ0v) is 15.9. The normalized spacial score (nSPS) is 17.3. The molecule has 1 saturated heterocycles. The van der Waals surface area contributed by atoms with Crippen LogP contribution >= 0.6 is 11.6 Å². The molecule has 3 heterocycles. The molecule has 1 aliphatic heterocycles. The van der Waals surface area contributed by atoms with E-state index >= 15 is 0 Å². The molecular weight excluding hydrogens is 364 g/mol. The maximum absolute atomic E-state index is 12.7. The first kappa shape index (κ1) is 17.8. The van der Waals surface area contributed by atoms with Gasteiger partial charge >= 0.3 is 0 Å². The molecule has 140 valence electrons. The molecule has 0 saturated carbocycles. The van der Waals surface area contributed by atoms with Gasteiger partial charge in [-0.15, -0.1) is 0 Å². The Morgan fingerprint density at radius 1 is 1.37 bits per heavy atom. The average molecular weight is 385 g/mol. The summed E-state index contributed by atoms with van der Waals surface area (Å²) in [4.78, 5) is 19.1. The quantitative estimate of drug-likeness (QED) is 0.688. The van der Waals surface area contributed by atoms with Crippen molar-refractivity contribution in [2.24, 2.45) is 7.05 Å². The van der Waals surface area contributed by atoms with Crippen LogP contribution in [-0.2, 0) is 13.5 Å². The third-order valence-electron chi connectivity index (χ3n) is 4.94. The standard InChI is InChI=1S/C20H21ClN4O2/c1-24-18(7-8-23-24)20(26)25-9-3-5-15(13-25)19-22-12-17(27-19)11-14-4-2-6-16(21)10-14/h2,4,6-8,10,12,15H,3,5,9,11,13H2,1H3/t15-/m0/s1. The van der Waals surface area contributed by atoms with Crippen molar-refractivity contribution in [2.45, 2.75) is 25.2 Å². The minimum absolute atomic E-state index is 0.00501. The highest BCUT2D eigenvalue weighted by molar-refractivity contribution is 6.30. The van der Waals surface area contributed by atoms with Gasteiger partial charge in [0.05, 0.1) is 12.1 Å². The van der Waals surface area contributed by atoms with E-state index in [4.69, 9.17) is 16.0 Å². The van der Waals surface area contributed by atoms with E-state index < -0.39 is 0 Å². The van der Waals surface area contributed by atoms with Gasteiger partial charge in [0.2, 0.25) is 0 Å². The molecule has 1 amide bonds. The van der Waals surface area contributed by atoms with Gasteiger partial charge in [-0.1, -0.05) is 23.7 Å². The molecule has 4 rings (SSSR count). The Hall–Kier alpha value is -2.60. The van der Waals surface area contributed by atoms with Crippen LogP contribution in [0.2, 0.25) is 5.02 Å².